The van der Waals surface area contributed by atoms with Crippen LogP contribution in [0.15, 0.2) is 71.7 Å². The van der Waals surface area contributed by atoms with Crippen LogP contribution in [0.25, 0.3) is 0 Å². The molecule has 0 fully saturated rings. The minimum absolute atomic E-state index is 0.309. The molecule has 0 radical (unpaired) electrons. The number of benzene rings is 2. The van der Waals surface area contributed by atoms with Crippen molar-refractivity contribution in [3.05, 3.63) is 93.9 Å². The third-order valence-electron chi connectivity index (χ3n) is 5.79. The Balaban J connectivity index is 1.95. The van der Waals surface area contributed by atoms with E-state index < -0.39 is 47.0 Å². The molecule has 1 aliphatic rings. The van der Waals surface area contributed by atoms with Crippen molar-refractivity contribution in [3.63, 3.8) is 0 Å². The van der Waals surface area contributed by atoms with Gasteiger partial charge < -0.3 is 10.0 Å². The summed E-state index contributed by atoms with van der Waals surface area (Å²) in [5, 5.41) is 14.4. The molecule has 32 heavy (non-hydrogen) atoms. The fraction of sp³-hybridized carbons (Fsp3) is 0.261. The first-order valence-electron chi connectivity index (χ1n) is 9.98. The molecule has 0 saturated carbocycles. The van der Waals surface area contributed by atoms with Gasteiger partial charge in [0.25, 0.3) is 5.91 Å². The van der Waals surface area contributed by atoms with Crippen LogP contribution < -0.4 is 5.43 Å². The molecule has 6 nitrogen and oxygen atoms in total. The zero-order valence-corrected chi connectivity index (χ0v) is 17.0. The van der Waals surface area contributed by atoms with Crippen molar-refractivity contribution < 1.29 is 23.1 Å². The molecule has 3 aromatic rings. The lowest BCUT2D eigenvalue weighted by molar-refractivity contribution is -0.174. The maximum atomic E-state index is 13.6. The molecule has 2 atom stereocenters. The number of carbonyl (C=O) groups excluding carboxylic acids is 1. The van der Waals surface area contributed by atoms with Gasteiger partial charge in [0.05, 0.1) is 12.2 Å². The van der Waals surface area contributed by atoms with Gasteiger partial charge in [0.15, 0.2) is 11.4 Å². The van der Waals surface area contributed by atoms with Gasteiger partial charge in [-0.1, -0.05) is 60.7 Å². The summed E-state index contributed by atoms with van der Waals surface area (Å²) in [7, 11) is 0. The predicted molar refractivity (Wildman–Crippen MR) is 110 cm³/mol. The fourth-order valence-corrected chi connectivity index (χ4v) is 4.12. The Bertz CT molecular complexity index is 1140. The molecule has 2 aromatic carbocycles. The molecule has 2 heterocycles. The fourth-order valence-electron chi connectivity index (χ4n) is 4.12. The summed E-state index contributed by atoms with van der Waals surface area (Å²) in [5.41, 5.74) is 0.120. The highest BCUT2D eigenvalue weighted by Gasteiger charge is 2.48. The van der Waals surface area contributed by atoms with E-state index in [0.29, 0.717) is 4.90 Å². The van der Waals surface area contributed by atoms with E-state index in [9.17, 15) is 27.9 Å². The second-order valence-electron chi connectivity index (χ2n) is 7.69. The van der Waals surface area contributed by atoms with Gasteiger partial charge in [0, 0.05) is 12.5 Å². The number of hydrogen-bond donors (Lipinski definition) is 1. The Morgan fingerprint density at radius 1 is 1.00 bits per heavy atom. The van der Waals surface area contributed by atoms with Crippen molar-refractivity contribution in [2.45, 2.75) is 31.1 Å². The minimum Gasteiger partial charge on any atom is -0.502 e. The highest BCUT2D eigenvalue weighted by molar-refractivity contribution is 5.96. The van der Waals surface area contributed by atoms with Crippen molar-refractivity contribution >= 4 is 5.91 Å². The molecule has 1 amide bonds. The normalized spacial score (nSPS) is 17.3. The molecular weight excluding hydrogens is 423 g/mol. The Morgan fingerprint density at radius 3 is 2.03 bits per heavy atom. The Hall–Kier alpha value is -3.62. The van der Waals surface area contributed by atoms with E-state index in [2.05, 4.69) is 5.10 Å². The van der Waals surface area contributed by atoms with E-state index in [1.54, 1.807) is 0 Å². The van der Waals surface area contributed by atoms with Crippen molar-refractivity contribution in [3.8, 4) is 5.75 Å². The molecule has 0 spiro atoms. The van der Waals surface area contributed by atoms with Crippen molar-refractivity contribution in [2.75, 3.05) is 6.54 Å². The quantitative estimate of drug-likeness (QED) is 0.667. The predicted octanol–water partition coefficient (Wildman–Crippen LogP) is 3.73. The van der Waals surface area contributed by atoms with Gasteiger partial charge >= 0.3 is 6.18 Å². The van der Waals surface area contributed by atoms with E-state index in [-0.39, 0.29) is 6.54 Å². The van der Waals surface area contributed by atoms with Crippen LogP contribution in [0.2, 0.25) is 0 Å². The zero-order chi connectivity index (χ0) is 23.0. The van der Waals surface area contributed by atoms with E-state index in [1.165, 1.54) is 4.68 Å². The van der Waals surface area contributed by atoms with Crippen LogP contribution in [0.1, 0.15) is 40.5 Å². The number of alkyl halides is 3. The Kier molecular flexibility index (Phi) is 5.50. The zero-order valence-electron chi connectivity index (χ0n) is 17.0. The SMILES string of the molecule is C[C@H](N1C[C@H](C(c2ccccc2)c2ccccc2)n2ncc(=O)c(O)c2C1=O)C(F)(F)F. The van der Waals surface area contributed by atoms with Gasteiger partial charge in [-0.2, -0.15) is 18.3 Å². The van der Waals surface area contributed by atoms with Gasteiger partial charge in [-0.15, -0.1) is 0 Å². The number of nitrogens with zero attached hydrogens (tertiary/aromatic N) is 3. The lowest BCUT2D eigenvalue weighted by Gasteiger charge is -2.41. The highest BCUT2D eigenvalue weighted by Crippen LogP contribution is 2.41. The smallest absolute Gasteiger partial charge is 0.408 e. The van der Waals surface area contributed by atoms with Gasteiger partial charge in [0.2, 0.25) is 5.43 Å². The monoisotopic (exact) mass is 443 g/mol. The molecular formula is C23H20F3N3O3. The lowest BCUT2D eigenvalue weighted by Crippen LogP contribution is -2.54. The second-order valence-corrected chi connectivity index (χ2v) is 7.69. The first kappa shape index (κ1) is 21.6. The van der Waals surface area contributed by atoms with Gasteiger partial charge in [-0.25, -0.2) is 0 Å². The first-order chi connectivity index (χ1) is 15.2. The molecule has 1 aliphatic heterocycles. The van der Waals surface area contributed by atoms with E-state index in [0.717, 1.165) is 24.2 Å². The Morgan fingerprint density at radius 2 is 1.53 bits per heavy atom. The second kappa shape index (κ2) is 8.14. The third-order valence-corrected chi connectivity index (χ3v) is 5.79. The van der Waals surface area contributed by atoms with Crippen LogP contribution in [0, 0.1) is 0 Å². The number of aromatic hydroxyl groups is 1. The lowest BCUT2D eigenvalue weighted by atomic mass is 9.83. The van der Waals surface area contributed by atoms with Gasteiger partial charge in [0.1, 0.15) is 6.04 Å². The molecule has 4 rings (SSSR count). The largest absolute Gasteiger partial charge is 0.502 e. The molecule has 1 N–H and O–H groups in total. The standard InChI is InChI=1S/C23H20F3N3O3/c1-14(23(24,25)26)28-13-17(29-20(22(28)32)21(31)18(30)12-27-29)19(15-8-4-2-5-9-15)16-10-6-3-7-11-16/h2-12,14,17,19,31H,13H2,1H3/t14-,17+/m0/s1. The summed E-state index contributed by atoms with van der Waals surface area (Å²) in [6.07, 6.45) is -3.81. The number of halogens is 3. The molecule has 0 aliphatic carbocycles. The molecule has 0 saturated heterocycles. The van der Waals surface area contributed by atoms with Crippen molar-refractivity contribution in [2.24, 2.45) is 0 Å². The van der Waals surface area contributed by atoms with E-state index in [4.69, 9.17) is 0 Å². The molecule has 1 aromatic heterocycles. The van der Waals surface area contributed by atoms with E-state index in [1.807, 2.05) is 60.7 Å². The van der Waals surface area contributed by atoms with Crippen LogP contribution in [-0.2, 0) is 0 Å². The number of aromatic nitrogens is 2. The van der Waals surface area contributed by atoms with Crippen LogP contribution in [0.3, 0.4) is 0 Å². The van der Waals surface area contributed by atoms with E-state index >= 15 is 0 Å². The molecule has 166 valence electrons. The summed E-state index contributed by atoms with van der Waals surface area (Å²) in [5.74, 6) is -2.50. The molecule has 0 unspecified atom stereocenters. The maximum absolute atomic E-state index is 13.6. The summed E-state index contributed by atoms with van der Waals surface area (Å²) < 4.78 is 42.0. The number of rotatable bonds is 4. The van der Waals surface area contributed by atoms with Gasteiger partial charge in [-0.05, 0) is 18.1 Å². The average Bonchev–Trinajstić information content (AvgIpc) is 2.78. The molecule has 9 heteroatoms. The summed E-state index contributed by atoms with van der Waals surface area (Å²) in [6.45, 7) is 0.576. The highest BCUT2D eigenvalue weighted by atomic mass is 19.4. The van der Waals surface area contributed by atoms with Crippen LogP contribution in [-0.4, -0.2) is 44.5 Å². The third kappa shape index (κ3) is 3.74. The van der Waals surface area contributed by atoms with Crippen LogP contribution in [0.5, 0.6) is 5.75 Å². The minimum atomic E-state index is -4.69. The summed E-state index contributed by atoms with van der Waals surface area (Å²) >= 11 is 0. The van der Waals surface area contributed by atoms with Gasteiger partial charge in [-0.3, -0.25) is 14.3 Å². The maximum Gasteiger partial charge on any atom is 0.408 e. The number of carbonyl (C=O) groups is 1. The number of fused-ring (bicyclic) bond motifs is 1. The van der Waals surface area contributed by atoms with Crippen LogP contribution >= 0.6 is 0 Å². The van der Waals surface area contributed by atoms with Crippen LogP contribution in [0.4, 0.5) is 13.2 Å². The molecule has 0 bridgehead atoms. The van der Waals surface area contributed by atoms with Crippen molar-refractivity contribution in [1.82, 2.24) is 14.7 Å². The Labute approximate surface area is 181 Å². The average molecular weight is 443 g/mol. The summed E-state index contributed by atoms with van der Waals surface area (Å²) in [6, 6.07) is 15.3. The number of amides is 1. The first-order valence-corrected chi connectivity index (χ1v) is 9.98. The topological polar surface area (TPSA) is 75.4 Å². The summed E-state index contributed by atoms with van der Waals surface area (Å²) in [4.78, 5) is 25.6. The number of hydrogen-bond acceptors (Lipinski definition) is 4. The van der Waals surface area contributed by atoms with Crippen molar-refractivity contribution in [1.29, 1.82) is 0 Å².